The molecule has 0 spiro atoms. The number of hydrogen-bond donors (Lipinski definition) is 0. The predicted molar refractivity (Wildman–Crippen MR) is 128 cm³/mol. The van der Waals surface area contributed by atoms with Crippen molar-refractivity contribution in [2.45, 2.75) is 58.0 Å². The highest BCUT2D eigenvalue weighted by atomic mass is 16.5. The van der Waals surface area contributed by atoms with Gasteiger partial charge < -0.3 is 4.74 Å². The van der Waals surface area contributed by atoms with Gasteiger partial charge in [-0.3, -0.25) is 0 Å². The van der Waals surface area contributed by atoms with Crippen LogP contribution in [-0.2, 0) is 17.8 Å². The van der Waals surface area contributed by atoms with Crippen LogP contribution in [0.3, 0.4) is 0 Å². The van der Waals surface area contributed by atoms with Crippen molar-refractivity contribution in [2.24, 2.45) is 10.9 Å². The summed E-state index contributed by atoms with van der Waals surface area (Å²) in [5, 5.41) is 0. The summed E-state index contributed by atoms with van der Waals surface area (Å²) in [6, 6.07) is 21.3. The van der Waals surface area contributed by atoms with Crippen molar-refractivity contribution < 1.29 is 4.74 Å². The van der Waals surface area contributed by atoms with E-state index in [4.69, 9.17) is 9.73 Å². The number of allylic oxidation sites excluding steroid dienone is 4. The second kappa shape index (κ2) is 9.51. The number of unbranched alkanes of at least 4 members (excludes halogenated alkanes) is 1. The third-order valence-electron chi connectivity index (χ3n) is 6.66. The minimum absolute atomic E-state index is 0.476. The molecular weight excluding hydrogens is 378 g/mol. The molecule has 1 unspecified atom stereocenters. The third-order valence-corrected chi connectivity index (χ3v) is 6.66. The lowest BCUT2D eigenvalue weighted by atomic mass is 9.81. The van der Waals surface area contributed by atoms with Crippen molar-refractivity contribution in [1.82, 2.24) is 0 Å². The molecule has 0 N–H and O–H groups in total. The molecule has 1 saturated carbocycles. The average Bonchev–Trinajstić information content (AvgIpc) is 3.22. The van der Waals surface area contributed by atoms with Crippen LogP contribution in [0.2, 0.25) is 0 Å². The fourth-order valence-corrected chi connectivity index (χ4v) is 5.04. The zero-order valence-corrected chi connectivity index (χ0v) is 18.2. The fourth-order valence-electron chi connectivity index (χ4n) is 5.04. The van der Waals surface area contributed by atoms with Gasteiger partial charge in [0.15, 0.2) is 0 Å². The first-order valence-corrected chi connectivity index (χ1v) is 11.8. The number of benzene rings is 2. The van der Waals surface area contributed by atoms with E-state index in [1.165, 1.54) is 72.9 Å². The summed E-state index contributed by atoms with van der Waals surface area (Å²) in [4.78, 5) is 5.10. The van der Waals surface area contributed by atoms with Crippen molar-refractivity contribution in [1.29, 1.82) is 0 Å². The lowest BCUT2D eigenvalue weighted by Gasteiger charge is -2.24. The van der Waals surface area contributed by atoms with E-state index in [9.17, 15) is 0 Å². The van der Waals surface area contributed by atoms with Crippen molar-refractivity contribution in [3.8, 4) is 0 Å². The van der Waals surface area contributed by atoms with Gasteiger partial charge in [-0.05, 0) is 73.3 Å². The van der Waals surface area contributed by atoms with Gasteiger partial charge in [0.2, 0.25) is 0 Å². The van der Waals surface area contributed by atoms with E-state index in [0.29, 0.717) is 12.5 Å². The highest BCUT2D eigenvalue weighted by molar-refractivity contribution is 6.05. The highest BCUT2D eigenvalue weighted by Crippen LogP contribution is 2.44. The van der Waals surface area contributed by atoms with Gasteiger partial charge in [0, 0.05) is 11.6 Å². The quantitative estimate of drug-likeness (QED) is 0.418. The molecule has 5 rings (SSSR count). The van der Waals surface area contributed by atoms with Crippen LogP contribution in [0.15, 0.2) is 100 Å². The Morgan fingerprint density at radius 3 is 2.39 bits per heavy atom. The summed E-state index contributed by atoms with van der Waals surface area (Å²) >= 11 is 0. The molecule has 158 valence electrons. The highest BCUT2D eigenvalue weighted by Gasteiger charge is 2.33. The molecule has 2 aliphatic carbocycles. The Morgan fingerprint density at radius 1 is 0.839 bits per heavy atom. The Hall–Kier alpha value is -2.87. The van der Waals surface area contributed by atoms with Crippen LogP contribution in [0.5, 0.6) is 0 Å². The zero-order chi connectivity index (χ0) is 20.9. The van der Waals surface area contributed by atoms with E-state index in [1.807, 2.05) is 6.07 Å². The Kier molecular flexibility index (Phi) is 6.15. The molecule has 3 aliphatic rings. The van der Waals surface area contributed by atoms with E-state index < -0.39 is 0 Å². The van der Waals surface area contributed by atoms with E-state index in [0.717, 1.165) is 17.9 Å². The first-order chi connectivity index (χ1) is 15.4. The minimum atomic E-state index is 0.476. The second-order valence-corrected chi connectivity index (χ2v) is 8.84. The number of aryl methyl sites for hydroxylation is 1. The topological polar surface area (TPSA) is 21.6 Å². The summed E-state index contributed by atoms with van der Waals surface area (Å²) in [5.74, 6) is 1.43. The van der Waals surface area contributed by atoms with Gasteiger partial charge in [-0.2, -0.15) is 0 Å². The first-order valence-electron chi connectivity index (χ1n) is 11.8. The van der Waals surface area contributed by atoms with Gasteiger partial charge in [0.05, 0.1) is 0 Å². The number of rotatable bonds is 8. The number of nitrogens with zero attached hydrogens (tertiary/aromatic N) is 1. The average molecular weight is 410 g/mol. The van der Waals surface area contributed by atoms with Crippen LogP contribution >= 0.6 is 0 Å². The molecular formula is C29H31NO. The van der Waals surface area contributed by atoms with Gasteiger partial charge in [0.25, 0.3) is 0 Å². The first kappa shape index (κ1) is 20.1. The summed E-state index contributed by atoms with van der Waals surface area (Å²) < 4.78 is 6.27. The number of aliphatic imine (C=N–C) groups is 1. The van der Waals surface area contributed by atoms with Crippen molar-refractivity contribution in [3.63, 3.8) is 0 Å². The van der Waals surface area contributed by atoms with Crippen LogP contribution < -0.4 is 0 Å². The van der Waals surface area contributed by atoms with Gasteiger partial charge >= 0.3 is 0 Å². The molecule has 2 nitrogen and oxygen atoms in total. The summed E-state index contributed by atoms with van der Waals surface area (Å²) in [6.45, 7) is 0.596. The normalized spacial score (nSPS) is 19.9. The molecule has 0 bridgehead atoms. The largest absolute Gasteiger partial charge is 0.487 e. The van der Waals surface area contributed by atoms with Crippen LogP contribution in [0, 0.1) is 5.92 Å². The molecule has 2 aromatic carbocycles. The molecule has 0 aromatic heterocycles. The molecule has 1 fully saturated rings. The SMILES string of the molecule is C1=CC(CCCCc2ccccc2)C2=C3CCCCC3=NC2=C1OCc1ccccc1. The van der Waals surface area contributed by atoms with Crippen LogP contribution in [0.4, 0.5) is 0 Å². The Balaban J connectivity index is 1.29. The molecule has 0 saturated heterocycles. The van der Waals surface area contributed by atoms with E-state index >= 15 is 0 Å². The fraction of sp³-hybridized carbons (Fsp3) is 0.345. The number of fused-ring (bicyclic) bond motifs is 2. The van der Waals surface area contributed by atoms with Crippen molar-refractivity contribution >= 4 is 5.71 Å². The molecule has 1 atom stereocenters. The third kappa shape index (κ3) is 4.58. The van der Waals surface area contributed by atoms with Crippen molar-refractivity contribution in [2.75, 3.05) is 0 Å². The van der Waals surface area contributed by atoms with Crippen molar-refractivity contribution in [3.05, 3.63) is 107 Å². The van der Waals surface area contributed by atoms with Gasteiger partial charge in [-0.25, -0.2) is 4.99 Å². The summed E-state index contributed by atoms with van der Waals surface area (Å²) in [7, 11) is 0. The predicted octanol–water partition coefficient (Wildman–Crippen LogP) is 7.34. The van der Waals surface area contributed by atoms with E-state index in [1.54, 1.807) is 0 Å². The molecule has 0 radical (unpaired) electrons. The maximum Gasteiger partial charge on any atom is 0.145 e. The monoisotopic (exact) mass is 409 g/mol. The van der Waals surface area contributed by atoms with Crippen LogP contribution in [0.25, 0.3) is 0 Å². The van der Waals surface area contributed by atoms with Crippen LogP contribution in [0.1, 0.15) is 56.1 Å². The standard InChI is InChI=1S/C29H31NO/c1-3-11-22(12-4-1)13-7-8-16-24-19-20-27(31-21-23-14-5-2-6-15-23)29-28(24)25-17-9-10-18-26(25)30-29/h1-6,11-12,14-15,19-20,24H,7-10,13,16-18,21H2. The number of ether oxygens (including phenoxy) is 1. The minimum Gasteiger partial charge on any atom is -0.487 e. The summed E-state index contributed by atoms with van der Waals surface area (Å²) in [6.07, 6.45) is 14.2. The summed E-state index contributed by atoms with van der Waals surface area (Å²) in [5.41, 5.74) is 8.09. The Morgan fingerprint density at radius 2 is 1.58 bits per heavy atom. The maximum absolute atomic E-state index is 6.27. The number of hydrogen-bond acceptors (Lipinski definition) is 2. The maximum atomic E-state index is 6.27. The van der Waals surface area contributed by atoms with E-state index in [-0.39, 0.29) is 0 Å². The van der Waals surface area contributed by atoms with E-state index in [2.05, 4.69) is 66.7 Å². The molecule has 2 heteroatoms. The molecule has 2 aromatic rings. The van der Waals surface area contributed by atoms with Crippen LogP contribution in [-0.4, -0.2) is 5.71 Å². The van der Waals surface area contributed by atoms with Gasteiger partial charge in [-0.15, -0.1) is 0 Å². The van der Waals surface area contributed by atoms with Gasteiger partial charge in [0.1, 0.15) is 18.1 Å². The second-order valence-electron chi connectivity index (χ2n) is 8.84. The molecule has 31 heavy (non-hydrogen) atoms. The smallest absolute Gasteiger partial charge is 0.145 e. The Labute approximate surface area is 186 Å². The lowest BCUT2D eigenvalue weighted by molar-refractivity contribution is 0.206. The Bertz CT molecular complexity index is 1030. The molecule has 1 aliphatic heterocycles. The lowest BCUT2D eigenvalue weighted by Crippen LogP contribution is -2.13. The molecule has 0 amide bonds. The zero-order valence-electron chi connectivity index (χ0n) is 18.2. The molecule has 1 heterocycles. The van der Waals surface area contributed by atoms with Gasteiger partial charge in [-0.1, -0.05) is 73.2 Å².